The number of aromatic nitrogens is 1. The van der Waals surface area contributed by atoms with Gasteiger partial charge < -0.3 is 14.6 Å². The third kappa shape index (κ3) is 4.07. The van der Waals surface area contributed by atoms with Crippen molar-refractivity contribution in [3.8, 4) is 0 Å². The standard InChI is InChI=1S/C18H22N2O5S/c1-2-8-20(14-7-9-26(23,24)12-14)17(21)11-25-18(22)16-10-13-5-3-4-6-15(13)19-16/h3-6,10,14,19H,2,7-9,11-12H2,1H3/t14-/m1/s1. The first-order valence-electron chi connectivity index (χ1n) is 8.64. The van der Waals surface area contributed by atoms with Gasteiger partial charge in [0.1, 0.15) is 5.69 Å². The van der Waals surface area contributed by atoms with Gasteiger partial charge in [-0.2, -0.15) is 0 Å². The minimum atomic E-state index is -3.09. The third-order valence-electron chi connectivity index (χ3n) is 4.51. The Morgan fingerprint density at radius 1 is 1.31 bits per heavy atom. The summed E-state index contributed by atoms with van der Waals surface area (Å²) in [6, 6.07) is 8.79. The van der Waals surface area contributed by atoms with Crippen molar-refractivity contribution < 1.29 is 22.7 Å². The van der Waals surface area contributed by atoms with Crippen LogP contribution >= 0.6 is 0 Å². The van der Waals surface area contributed by atoms with E-state index in [1.807, 2.05) is 31.2 Å². The summed E-state index contributed by atoms with van der Waals surface area (Å²) in [6.45, 7) is 1.97. The molecule has 1 amide bonds. The molecule has 1 aromatic carbocycles. The molecule has 0 unspecified atom stereocenters. The molecule has 26 heavy (non-hydrogen) atoms. The quantitative estimate of drug-likeness (QED) is 0.773. The predicted molar refractivity (Wildman–Crippen MR) is 97.6 cm³/mol. The number of nitrogens with one attached hydrogen (secondary N) is 1. The average molecular weight is 378 g/mol. The average Bonchev–Trinajstić information content (AvgIpc) is 3.20. The third-order valence-corrected chi connectivity index (χ3v) is 6.26. The van der Waals surface area contributed by atoms with Crippen LogP contribution in [0.25, 0.3) is 10.9 Å². The van der Waals surface area contributed by atoms with Crippen molar-refractivity contribution in [1.82, 2.24) is 9.88 Å². The summed E-state index contributed by atoms with van der Waals surface area (Å²) >= 11 is 0. The van der Waals surface area contributed by atoms with Crippen LogP contribution < -0.4 is 0 Å². The number of H-pyrrole nitrogens is 1. The van der Waals surface area contributed by atoms with Crippen LogP contribution in [0.4, 0.5) is 0 Å². The molecule has 1 aromatic heterocycles. The maximum Gasteiger partial charge on any atom is 0.355 e. The molecule has 0 saturated carbocycles. The number of hydrogen-bond donors (Lipinski definition) is 1. The highest BCUT2D eigenvalue weighted by Crippen LogP contribution is 2.19. The van der Waals surface area contributed by atoms with Gasteiger partial charge in [0, 0.05) is 23.5 Å². The smallest absolute Gasteiger partial charge is 0.355 e. The number of esters is 1. The van der Waals surface area contributed by atoms with Crippen molar-refractivity contribution in [2.24, 2.45) is 0 Å². The number of ether oxygens (including phenoxy) is 1. The van der Waals surface area contributed by atoms with E-state index < -0.39 is 22.4 Å². The molecule has 1 atom stereocenters. The van der Waals surface area contributed by atoms with Crippen LogP contribution in [0.5, 0.6) is 0 Å². The fourth-order valence-electron chi connectivity index (χ4n) is 3.24. The predicted octanol–water partition coefficient (Wildman–Crippen LogP) is 1.75. The van der Waals surface area contributed by atoms with Gasteiger partial charge in [0.25, 0.3) is 5.91 Å². The summed E-state index contributed by atoms with van der Waals surface area (Å²) < 4.78 is 28.5. The van der Waals surface area contributed by atoms with Crippen molar-refractivity contribution in [2.75, 3.05) is 24.7 Å². The van der Waals surface area contributed by atoms with E-state index >= 15 is 0 Å². The number of para-hydroxylation sites is 1. The van der Waals surface area contributed by atoms with E-state index in [1.54, 1.807) is 6.07 Å². The maximum absolute atomic E-state index is 12.5. The summed E-state index contributed by atoms with van der Waals surface area (Å²) in [4.78, 5) is 29.2. The van der Waals surface area contributed by atoms with Crippen molar-refractivity contribution >= 4 is 32.6 Å². The van der Waals surface area contributed by atoms with E-state index in [4.69, 9.17) is 4.74 Å². The number of amides is 1. The summed E-state index contributed by atoms with van der Waals surface area (Å²) in [6.07, 6.45) is 1.14. The number of fused-ring (bicyclic) bond motifs is 1. The lowest BCUT2D eigenvalue weighted by Gasteiger charge is -2.27. The summed E-state index contributed by atoms with van der Waals surface area (Å²) in [5.74, 6) is -0.891. The van der Waals surface area contributed by atoms with Gasteiger partial charge in [-0.1, -0.05) is 25.1 Å². The topological polar surface area (TPSA) is 96.5 Å². The molecule has 1 N–H and O–H groups in total. The molecule has 1 fully saturated rings. The number of carbonyl (C=O) groups excluding carboxylic acids is 2. The van der Waals surface area contributed by atoms with Gasteiger partial charge in [0.05, 0.1) is 11.5 Å². The Hall–Kier alpha value is -2.35. The van der Waals surface area contributed by atoms with Crippen LogP contribution in [-0.2, 0) is 19.4 Å². The Balaban J connectivity index is 1.63. The second-order valence-electron chi connectivity index (χ2n) is 6.49. The highest BCUT2D eigenvalue weighted by atomic mass is 32.2. The molecule has 8 heteroatoms. The molecule has 2 heterocycles. The van der Waals surface area contributed by atoms with E-state index in [9.17, 15) is 18.0 Å². The SMILES string of the molecule is CCCN(C(=O)COC(=O)c1cc2ccccc2[nH]1)[C@@H]1CCS(=O)(=O)C1. The van der Waals surface area contributed by atoms with Gasteiger partial charge >= 0.3 is 5.97 Å². The van der Waals surface area contributed by atoms with Crippen LogP contribution in [0.3, 0.4) is 0 Å². The second kappa shape index (κ2) is 7.49. The fraction of sp³-hybridized carbons (Fsp3) is 0.444. The maximum atomic E-state index is 12.5. The zero-order valence-corrected chi connectivity index (χ0v) is 15.4. The second-order valence-corrected chi connectivity index (χ2v) is 8.72. The molecular weight excluding hydrogens is 356 g/mol. The number of carbonyl (C=O) groups is 2. The molecule has 140 valence electrons. The number of sulfone groups is 1. The molecule has 0 radical (unpaired) electrons. The summed E-state index contributed by atoms with van der Waals surface area (Å²) in [5.41, 5.74) is 1.10. The molecule has 0 aliphatic carbocycles. The van der Waals surface area contributed by atoms with Gasteiger partial charge in [-0.15, -0.1) is 0 Å². The minimum absolute atomic E-state index is 0.0191. The molecule has 0 bridgehead atoms. The van der Waals surface area contributed by atoms with E-state index in [0.29, 0.717) is 19.4 Å². The largest absolute Gasteiger partial charge is 0.451 e. The van der Waals surface area contributed by atoms with Gasteiger partial charge in [-0.3, -0.25) is 4.79 Å². The number of nitrogens with zero attached hydrogens (tertiary/aromatic N) is 1. The Kier molecular flexibility index (Phi) is 5.31. The lowest BCUT2D eigenvalue weighted by molar-refractivity contribution is -0.136. The lowest BCUT2D eigenvalue weighted by atomic mass is 10.2. The normalized spacial score (nSPS) is 18.7. The van der Waals surface area contributed by atoms with Crippen molar-refractivity contribution in [1.29, 1.82) is 0 Å². The number of aromatic amines is 1. The molecular formula is C18H22N2O5S. The van der Waals surface area contributed by atoms with E-state index in [-0.39, 0.29) is 29.1 Å². The summed E-state index contributed by atoms with van der Waals surface area (Å²) in [7, 11) is -3.09. The molecule has 0 spiro atoms. The Labute approximate surface area is 152 Å². The number of hydrogen-bond acceptors (Lipinski definition) is 5. The zero-order valence-electron chi connectivity index (χ0n) is 14.6. The van der Waals surface area contributed by atoms with Gasteiger partial charge in [0.15, 0.2) is 16.4 Å². The van der Waals surface area contributed by atoms with Gasteiger partial charge in [0.2, 0.25) is 0 Å². The number of rotatable bonds is 6. The monoisotopic (exact) mass is 378 g/mol. The van der Waals surface area contributed by atoms with Crippen molar-refractivity contribution in [2.45, 2.75) is 25.8 Å². The molecule has 2 aromatic rings. The Bertz CT molecular complexity index is 886. The molecule has 1 aliphatic heterocycles. The van der Waals surface area contributed by atoms with Crippen LogP contribution in [0, 0.1) is 0 Å². The lowest BCUT2D eigenvalue weighted by Crippen LogP contribution is -2.43. The van der Waals surface area contributed by atoms with Crippen molar-refractivity contribution in [3.63, 3.8) is 0 Å². The molecule has 1 aliphatic rings. The van der Waals surface area contributed by atoms with Gasteiger partial charge in [-0.25, -0.2) is 13.2 Å². The summed E-state index contributed by atoms with van der Waals surface area (Å²) in [5, 5.41) is 0.884. The first-order chi connectivity index (χ1) is 12.4. The van der Waals surface area contributed by atoms with Crippen LogP contribution in [0.15, 0.2) is 30.3 Å². The fourth-order valence-corrected chi connectivity index (χ4v) is 4.98. The van der Waals surface area contributed by atoms with Crippen LogP contribution in [0.2, 0.25) is 0 Å². The Morgan fingerprint density at radius 2 is 2.08 bits per heavy atom. The van der Waals surface area contributed by atoms with Crippen molar-refractivity contribution in [3.05, 3.63) is 36.0 Å². The minimum Gasteiger partial charge on any atom is -0.451 e. The Morgan fingerprint density at radius 3 is 2.73 bits per heavy atom. The van der Waals surface area contributed by atoms with Crippen LogP contribution in [0.1, 0.15) is 30.3 Å². The van der Waals surface area contributed by atoms with E-state index in [0.717, 1.165) is 10.9 Å². The zero-order chi connectivity index (χ0) is 18.7. The first kappa shape index (κ1) is 18.4. The number of benzene rings is 1. The first-order valence-corrected chi connectivity index (χ1v) is 10.5. The molecule has 3 rings (SSSR count). The highest BCUT2D eigenvalue weighted by Gasteiger charge is 2.34. The van der Waals surface area contributed by atoms with Gasteiger partial charge in [-0.05, 0) is 25.0 Å². The molecule has 7 nitrogen and oxygen atoms in total. The van der Waals surface area contributed by atoms with E-state index in [2.05, 4.69) is 4.98 Å². The van der Waals surface area contributed by atoms with Crippen LogP contribution in [-0.4, -0.2) is 60.9 Å². The van der Waals surface area contributed by atoms with E-state index in [1.165, 1.54) is 4.90 Å². The molecule has 1 saturated heterocycles. The highest BCUT2D eigenvalue weighted by molar-refractivity contribution is 7.91.